The number of benzene rings is 5. The number of carbonyl (C=O) groups is 3. The van der Waals surface area contributed by atoms with Crippen LogP contribution in [0, 0.1) is 17.2 Å². The number of amides is 2. The van der Waals surface area contributed by atoms with E-state index in [0.29, 0.717) is 46.0 Å². The van der Waals surface area contributed by atoms with Crippen LogP contribution in [-0.2, 0) is 29.0 Å². The van der Waals surface area contributed by atoms with Crippen molar-refractivity contribution < 1.29 is 52.6 Å². The van der Waals surface area contributed by atoms with Crippen LogP contribution in [0.1, 0.15) is 90.6 Å². The van der Waals surface area contributed by atoms with Gasteiger partial charge in [0.1, 0.15) is 29.9 Å². The summed E-state index contributed by atoms with van der Waals surface area (Å²) in [6, 6.07) is 43.2. The highest BCUT2D eigenvalue weighted by Gasteiger charge is 2.63. The second-order valence-electron chi connectivity index (χ2n) is 20.4. The highest BCUT2D eigenvalue weighted by molar-refractivity contribution is 7.63. The van der Waals surface area contributed by atoms with Crippen molar-refractivity contribution >= 4 is 54.3 Å². The fourth-order valence-electron chi connectivity index (χ4n) is 10.5. The molecule has 0 spiro atoms. The fourth-order valence-corrected chi connectivity index (χ4v) is 13.4. The van der Waals surface area contributed by atoms with Gasteiger partial charge in [0, 0.05) is 24.4 Å². The topological polar surface area (TPSA) is 233 Å². The normalized spacial score (nSPS) is 17.4. The number of para-hydroxylation sites is 2. The van der Waals surface area contributed by atoms with E-state index in [2.05, 4.69) is 16.4 Å². The highest BCUT2D eigenvalue weighted by atomic mass is 31.2. The van der Waals surface area contributed by atoms with Crippen LogP contribution in [-0.4, -0.2) is 109 Å². The van der Waals surface area contributed by atoms with Gasteiger partial charge in [0.2, 0.25) is 11.9 Å². The number of imidazole rings is 1. The lowest BCUT2D eigenvalue weighted by atomic mass is 9.64. The molecule has 3 heterocycles. The maximum absolute atomic E-state index is 14.7. The van der Waals surface area contributed by atoms with Gasteiger partial charge >= 0.3 is 19.9 Å². The van der Waals surface area contributed by atoms with Gasteiger partial charge in [0.15, 0.2) is 29.6 Å². The molecule has 6 atom stereocenters. The van der Waals surface area contributed by atoms with E-state index in [-0.39, 0.29) is 54.1 Å². The van der Waals surface area contributed by atoms with E-state index in [1.54, 1.807) is 101 Å². The summed E-state index contributed by atoms with van der Waals surface area (Å²) < 4.78 is 41.9. The SMILES string of the molecule is CCCC(=O)O[C@@H]1[C@H](O[P+](O)(CCC#N)N(C(C)C)C(C)C)[C@@H](C(O)C(c2ccccc2)(c2ccc(OC)cc2)c2ccc(OC)cc2)O[C@H]1n1cnc2c(OC(=O)N(c3ccccc3)c3ccccc3)nc(NC(=O)C(C)C)nc21. The van der Waals surface area contributed by atoms with Gasteiger partial charge in [-0.05, 0) is 99.3 Å². The second-order valence-corrected chi connectivity index (χ2v) is 22.8. The van der Waals surface area contributed by atoms with Crippen molar-refractivity contribution in [1.29, 1.82) is 5.26 Å². The number of aliphatic hydroxyl groups is 1. The number of hydrogen-bond acceptors (Lipinski definition) is 16. The molecule has 1 fully saturated rings. The number of esters is 1. The number of anilines is 3. The Balaban J connectivity index is 1.40. The molecule has 0 saturated carbocycles. The molecule has 1 saturated heterocycles. The molecule has 7 aromatic rings. The van der Waals surface area contributed by atoms with Gasteiger partial charge in [-0.1, -0.05) is 112 Å². The molecule has 81 heavy (non-hydrogen) atoms. The van der Waals surface area contributed by atoms with E-state index in [0.717, 1.165) is 0 Å². The molecule has 8 rings (SSSR count). The van der Waals surface area contributed by atoms with E-state index in [1.807, 2.05) is 106 Å². The van der Waals surface area contributed by atoms with Gasteiger partial charge in [-0.25, -0.2) is 19.6 Å². The lowest BCUT2D eigenvalue weighted by Gasteiger charge is -2.44. The maximum atomic E-state index is 14.7. The molecule has 2 aromatic heterocycles. The molecule has 20 heteroatoms. The lowest BCUT2D eigenvalue weighted by Crippen LogP contribution is -2.54. The number of methoxy groups -OCH3 is 2. The predicted molar refractivity (Wildman–Crippen MR) is 308 cm³/mol. The summed E-state index contributed by atoms with van der Waals surface area (Å²) >= 11 is 0. The summed E-state index contributed by atoms with van der Waals surface area (Å²) in [6.07, 6.45) is -7.17. The molecule has 5 aromatic carbocycles. The first kappa shape index (κ1) is 59.3. The van der Waals surface area contributed by atoms with Gasteiger partial charge in [0.05, 0.1) is 49.8 Å². The minimum atomic E-state index is -3.95. The molecule has 424 valence electrons. The quantitative estimate of drug-likeness (QED) is 0.0307. The Labute approximate surface area is 472 Å². The Morgan fingerprint density at radius 3 is 1.80 bits per heavy atom. The third-order valence-electron chi connectivity index (χ3n) is 14.1. The Hall–Kier alpha value is -7.82. The Bertz CT molecular complexity index is 3180. The fraction of sp³-hybridized carbons (Fsp3) is 0.361. The minimum Gasteiger partial charge on any atom is -0.497 e. The predicted octanol–water partition coefficient (Wildman–Crippen LogP) is 11.0. The molecule has 0 radical (unpaired) electrons. The molecule has 1 aliphatic heterocycles. The van der Waals surface area contributed by atoms with Crippen LogP contribution in [0.2, 0.25) is 0 Å². The molecular formula is C61H70N8O11P+. The standard InChI is InChI=1S/C61H69N8O11P/c1-10-21-49(70)77-53-51(80-81(74,37-20-36-62)69(40(4)5)41(6)7)52(54(71)61(42-22-14-11-15-23-42,43-28-32-47(75-8)33-29-43)44-30-34-48(76-9)35-31-44)78-58(53)67-38-63-50-55(67)64-59(65-56(72)39(2)3)66-57(50)79-60(73)68(45-24-16-12-17-25-45)46-26-18-13-19-27-46/h11-19,22-35,38-41,51-54,58,71,74H,10,20-21,37H2,1-9H3/p+1/t51-,52+,53-,54?,58-,81?/m1/s1. The number of nitriles is 1. The molecule has 19 nitrogen and oxygen atoms in total. The first-order chi connectivity index (χ1) is 39.0. The zero-order valence-electron chi connectivity index (χ0n) is 47.0. The minimum absolute atomic E-state index is 0.0373. The number of aromatic nitrogens is 4. The van der Waals surface area contributed by atoms with Crippen molar-refractivity contribution in [2.45, 2.75) is 116 Å². The third-order valence-corrected chi connectivity index (χ3v) is 17.1. The van der Waals surface area contributed by atoms with Gasteiger partial charge < -0.3 is 28.8 Å². The van der Waals surface area contributed by atoms with Crippen LogP contribution in [0.4, 0.5) is 22.1 Å². The van der Waals surface area contributed by atoms with Crippen molar-refractivity contribution in [3.8, 4) is 23.4 Å². The van der Waals surface area contributed by atoms with Crippen molar-refractivity contribution in [1.82, 2.24) is 24.2 Å². The summed E-state index contributed by atoms with van der Waals surface area (Å²) in [5.74, 6) is -1.14. The number of rotatable bonds is 23. The molecule has 0 aliphatic carbocycles. The maximum Gasteiger partial charge on any atom is 0.425 e. The van der Waals surface area contributed by atoms with Crippen LogP contribution < -0.4 is 24.4 Å². The summed E-state index contributed by atoms with van der Waals surface area (Å²) in [7, 11) is -0.836. The lowest BCUT2D eigenvalue weighted by molar-refractivity contribution is -0.158. The first-order valence-corrected chi connectivity index (χ1v) is 28.8. The zero-order valence-corrected chi connectivity index (χ0v) is 47.8. The largest absolute Gasteiger partial charge is 0.497 e. The first-order valence-electron chi connectivity index (χ1n) is 27.0. The number of aliphatic hydroxyl groups excluding tert-OH is 1. The van der Waals surface area contributed by atoms with E-state index >= 15 is 0 Å². The molecular weight excluding hydrogens is 1050 g/mol. The van der Waals surface area contributed by atoms with Crippen molar-refractivity contribution in [3.05, 3.63) is 163 Å². The number of fused-ring (bicyclic) bond motifs is 1. The average molecular weight is 1120 g/mol. The van der Waals surface area contributed by atoms with Crippen LogP contribution in [0.5, 0.6) is 17.4 Å². The van der Waals surface area contributed by atoms with Crippen LogP contribution >= 0.6 is 7.87 Å². The van der Waals surface area contributed by atoms with E-state index in [9.17, 15) is 29.6 Å². The summed E-state index contributed by atoms with van der Waals surface area (Å²) in [5, 5.41) is 27.0. The zero-order chi connectivity index (χ0) is 58.0. The van der Waals surface area contributed by atoms with Gasteiger partial charge in [-0.3, -0.25) is 19.5 Å². The average Bonchev–Trinajstić information content (AvgIpc) is 4.26. The molecule has 1 aliphatic rings. The van der Waals surface area contributed by atoms with E-state index in [4.69, 9.17) is 38.2 Å². The van der Waals surface area contributed by atoms with Crippen molar-refractivity contribution in [3.63, 3.8) is 0 Å². The van der Waals surface area contributed by atoms with Gasteiger partial charge in [0.25, 0.3) is 5.88 Å². The van der Waals surface area contributed by atoms with Crippen LogP contribution in [0.3, 0.4) is 0 Å². The van der Waals surface area contributed by atoms with E-state index in [1.165, 1.54) is 15.8 Å². The summed E-state index contributed by atoms with van der Waals surface area (Å²) in [5.41, 5.74) is 1.10. The van der Waals surface area contributed by atoms with Gasteiger partial charge in [-0.15, -0.1) is 4.67 Å². The number of nitrogens with zero attached hydrogens (tertiary/aromatic N) is 7. The summed E-state index contributed by atoms with van der Waals surface area (Å²) in [6.45, 7) is 12.8. The molecule has 3 N–H and O–H groups in total. The van der Waals surface area contributed by atoms with Gasteiger partial charge in [-0.2, -0.15) is 19.8 Å². The van der Waals surface area contributed by atoms with Crippen molar-refractivity contribution in [2.24, 2.45) is 5.92 Å². The molecule has 0 bridgehead atoms. The Morgan fingerprint density at radius 1 is 0.778 bits per heavy atom. The Morgan fingerprint density at radius 2 is 1.31 bits per heavy atom. The van der Waals surface area contributed by atoms with Crippen LogP contribution in [0.15, 0.2) is 146 Å². The third kappa shape index (κ3) is 12.6. The van der Waals surface area contributed by atoms with Crippen LogP contribution in [0.25, 0.3) is 11.2 Å². The second kappa shape index (κ2) is 26.2. The number of carbonyl (C=O) groups excluding carboxylic acids is 3. The monoisotopic (exact) mass is 1120 g/mol. The molecule has 2 amide bonds. The number of ether oxygens (including phenoxy) is 5. The molecule has 2 unspecified atom stereocenters. The highest BCUT2D eigenvalue weighted by Crippen LogP contribution is 2.64. The Kier molecular flexibility index (Phi) is 19.2. The number of nitrogens with one attached hydrogen (secondary N) is 1. The van der Waals surface area contributed by atoms with E-state index < -0.39 is 67.8 Å². The summed E-state index contributed by atoms with van der Waals surface area (Å²) in [4.78, 5) is 71.2. The smallest absolute Gasteiger partial charge is 0.425 e. The number of hydrogen-bond donors (Lipinski definition) is 3. The van der Waals surface area contributed by atoms with Crippen molar-refractivity contribution in [2.75, 3.05) is 30.6 Å².